The van der Waals surface area contributed by atoms with Crippen LogP contribution in [-0.2, 0) is 10.0 Å². The molecule has 2 N–H and O–H groups in total. The van der Waals surface area contributed by atoms with Crippen LogP contribution >= 0.6 is 11.3 Å². The fraction of sp³-hybridized carbons (Fsp3) is 0.150. The summed E-state index contributed by atoms with van der Waals surface area (Å²) in [6.45, 7) is 1.84. The molecule has 0 spiro atoms. The molecular weight excluding hydrogens is 399 g/mol. The molecule has 1 atom stereocenters. The van der Waals surface area contributed by atoms with Crippen molar-refractivity contribution in [3.8, 4) is 10.4 Å². The normalized spacial score (nSPS) is 12.6. The fourth-order valence-corrected chi connectivity index (χ4v) is 4.30. The molecule has 8 heteroatoms. The average Bonchev–Trinajstić information content (AvgIpc) is 3.16. The Balaban J connectivity index is 1.80. The predicted molar refractivity (Wildman–Crippen MR) is 108 cm³/mol. The van der Waals surface area contributed by atoms with E-state index >= 15 is 0 Å². The predicted octanol–water partition coefficient (Wildman–Crippen LogP) is 4.03. The van der Waals surface area contributed by atoms with Gasteiger partial charge in [0.15, 0.2) is 0 Å². The number of halogens is 1. The van der Waals surface area contributed by atoms with Gasteiger partial charge in [0, 0.05) is 17.5 Å². The van der Waals surface area contributed by atoms with Crippen molar-refractivity contribution >= 4 is 27.3 Å². The summed E-state index contributed by atoms with van der Waals surface area (Å²) in [4.78, 5) is 15.6. The summed E-state index contributed by atoms with van der Waals surface area (Å²) >= 11 is 1.23. The van der Waals surface area contributed by atoms with Gasteiger partial charge >= 0.3 is 0 Å². The second-order valence-electron chi connectivity index (χ2n) is 6.35. The average molecular weight is 419 g/mol. The molecule has 0 fully saturated rings. The monoisotopic (exact) mass is 418 g/mol. The van der Waals surface area contributed by atoms with E-state index in [-0.39, 0.29) is 22.7 Å². The topological polar surface area (TPSA) is 80.5 Å². The van der Waals surface area contributed by atoms with Crippen molar-refractivity contribution in [2.24, 2.45) is 5.14 Å². The van der Waals surface area contributed by atoms with E-state index in [4.69, 9.17) is 5.14 Å². The zero-order valence-corrected chi connectivity index (χ0v) is 16.9. The molecule has 0 saturated heterocycles. The van der Waals surface area contributed by atoms with Crippen LogP contribution in [0.15, 0.2) is 65.6 Å². The Hall–Kier alpha value is -2.55. The van der Waals surface area contributed by atoms with Crippen LogP contribution in [0.5, 0.6) is 0 Å². The zero-order chi connectivity index (χ0) is 20.5. The first-order chi connectivity index (χ1) is 13.2. The number of hydrogen-bond acceptors (Lipinski definition) is 4. The number of nitrogens with two attached hydrogens (primary N) is 1. The number of rotatable bonds is 5. The van der Waals surface area contributed by atoms with Gasteiger partial charge in [-0.25, -0.2) is 17.9 Å². The van der Waals surface area contributed by atoms with E-state index in [1.54, 1.807) is 54.4 Å². The molecule has 1 amide bonds. The van der Waals surface area contributed by atoms with Crippen LogP contribution < -0.4 is 5.14 Å². The molecule has 3 aromatic rings. The van der Waals surface area contributed by atoms with E-state index in [1.807, 2.05) is 6.92 Å². The van der Waals surface area contributed by atoms with Gasteiger partial charge in [-0.3, -0.25) is 4.79 Å². The summed E-state index contributed by atoms with van der Waals surface area (Å²) in [5, 5.41) is 5.11. The number of sulfonamides is 1. The summed E-state index contributed by atoms with van der Waals surface area (Å²) < 4.78 is 36.7. The maximum absolute atomic E-state index is 14.0. The Bertz CT molecular complexity index is 1110. The van der Waals surface area contributed by atoms with Crippen LogP contribution in [0.3, 0.4) is 0 Å². The van der Waals surface area contributed by atoms with Gasteiger partial charge in [-0.1, -0.05) is 30.3 Å². The van der Waals surface area contributed by atoms with E-state index in [2.05, 4.69) is 0 Å². The quantitative estimate of drug-likeness (QED) is 0.679. The molecule has 0 aliphatic carbocycles. The van der Waals surface area contributed by atoms with Gasteiger partial charge in [-0.2, -0.15) is 0 Å². The van der Waals surface area contributed by atoms with Crippen LogP contribution in [0.1, 0.15) is 28.2 Å². The maximum atomic E-state index is 14.0. The highest BCUT2D eigenvalue weighted by atomic mass is 32.2. The molecule has 2 aromatic carbocycles. The standard InChI is InChI=1S/C20H19FN2O3S2/c1-13(14-7-9-15(10-8-14)28(22,25)26)23(2)20(24)19-12-11-18(27-19)16-5-3-4-6-17(16)21/h3-13H,1-2H3,(H2,22,25,26)/t13-/m0/s1. The van der Waals surface area contributed by atoms with Gasteiger partial charge in [0.05, 0.1) is 15.8 Å². The lowest BCUT2D eigenvalue weighted by atomic mass is 10.1. The van der Waals surface area contributed by atoms with Crippen molar-refractivity contribution in [1.82, 2.24) is 4.90 Å². The van der Waals surface area contributed by atoms with Crippen molar-refractivity contribution in [1.29, 1.82) is 0 Å². The van der Waals surface area contributed by atoms with Gasteiger partial charge in [0.1, 0.15) is 5.82 Å². The molecule has 0 aliphatic rings. The molecule has 0 unspecified atom stereocenters. The second kappa shape index (κ2) is 7.83. The first-order valence-electron chi connectivity index (χ1n) is 8.43. The second-order valence-corrected chi connectivity index (χ2v) is 9.00. The smallest absolute Gasteiger partial charge is 0.264 e. The first kappa shape index (κ1) is 20.2. The Kier molecular flexibility index (Phi) is 5.64. The third kappa shape index (κ3) is 4.14. The lowest BCUT2D eigenvalue weighted by Crippen LogP contribution is -2.29. The molecule has 5 nitrogen and oxygen atoms in total. The third-order valence-corrected chi connectivity index (χ3v) is 6.58. The highest BCUT2D eigenvalue weighted by Gasteiger charge is 2.21. The van der Waals surface area contributed by atoms with Crippen LogP contribution in [0, 0.1) is 5.82 Å². The number of nitrogens with zero attached hydrogens (tertiary/aromatic N) is 1. The molecule has 0 aliphatic heterocycles. The Morgan fingerprint density at radius 3 is 2.32 bits per heavy atom. The number of thiophene rings is 1. The zero-order valence-electron chi connectivity index (χ0n) is 15.3. The summed E-state index contributed by atoms with van der Waals surface area (Å²) in [5.74, 6) is -0.532. The maximum Gasteiger partial charge on any atom is 0.264 e. The molecule has 28 heavy (non-hydrogen) atoms. The van der Waals surface area contributed by atoms with Crippen LogP contribution in [0.4, 0.5) is 4.39 Å². The van der Waals surface area contributed by atoms with E-state index in [0.29, 0.717) is 15.3 Å². The van der Waals surface area contributed by atoms with Crippen molar-refractivity contribution in [2.75, 3.05) is 7.05 Å². The highest BCUT2D eigenvalue weighted by Crippen LogP contribution is 2.31. The summed E-state index contributed by atoms with van der Waals surface area (Å²) in [6.07, 6.45) is 0. The minimum atomic E-state index is -3.76. The lowest BCUT2D eigenvalue weighted by Gasteiger charge is -2.25. The van der Waals surface area contributed by atoms with Gasteiger partial charge < -0.3 is 4.90 Å². The van der Waals surface area contributed by atoms with E-state index in [1.165, 1.54) is 29.5 Å². The van der Waals surface area contributed by atoms with Gasteiger partial charge in [-0.05, 0) is 42.8 Å². The fourth-order valence-electron chi connectivity index (χ4n) is 2.77. The van der Waals surface area contributed by atoms with Crippen molar-refractivity contribution < 1.29 is 17.6 Å². The Labute approximate surface area is 167 Å². The molecular formula is C20H19FN2O3S2. The van der Waals surface area contributed by atoms with Crippen LogP contribution in [-0.4, -0.2) is 26.3 Å². The van der Waals surface area contributed by atoms with Gasteiger partial charge in [0.2, 0.25) is 10.0 Å². The number of primary sulfonamides is 1. The summed E-state index contributed by atoms with van der Waals surface area (Å²) in [5.41, 5.74) is 1.23. The molecule has 1 heterocycles. The number of carbonyl (C=O) groups excluding carboxylic acids is 1. The van der Waals surface area contributed by atoms with Crippen molar-refractivity contribution in [2.45, 2.75) is 17.9 Å². The Morgan fingerprint density at radius 1 is 1.07 bits per heavy atom. The summed E-state index contributed by atoms with van der Waals surface area (Å²) in [7, 11) is -2.09. The minimum absolute atomic E-state index is 0.0187. The van der Waals surface area contributed by atoms with E-state index in [0.717, 1.165) is 5.56 Å². The molecule has 0 radical (unpaired) electrons. The van der Waals surface area contributed by atoms with E-state index in [9.17, 15) is 17.6 Å². The summed E-state index contributed by atoms with van der Waals surface area (Å²) in [6, 6.07) is 15.7. The first-order valence-corrected chi connectivity index (χ1v) is 10.8. The molecule has 1 aromatic heterocycles. The molecule has 0 bridgehead atoms. The SMILES string of the molecule is C[C@@H](c1ccc(S(N)(=O)=O)cc1)N(C)C(=O)c1ccc(-c2ccccc2F)s1. The van der Waals surface area contributed by atoms with Gasteiger partial charge in [-0.15, -0.1) is 11.3 Å². The van der Waals surface area contributed by atoms with Gasteiger partial charge in [0.25, 0.3) is 5.91 Å². The minimum Gasteiger partial charge on any atom is -0.334 e. The third-order valence-electron chi connectivity index (χ3n) is 4.55. The number of amides is 1. The number of hydrogen-bond donors (Lipinski definition) is 1. The highest BCUT2D eigenvalue weighted by molar-refractivity contribution is 7.89. The molecule has 0 saturated carbocycles. The van der Waals surface area contributed by atoms with Crippen LogP contribution in [0.2, 0.25) is 0 Å². The van der Waals surface area contributed by atoms with Crippen molar-refractivity contribution in [3.63, 3.8) is 0 Å². The lowest BCUT2D eigenvalue weighted by molar-refractivity contribution is 0.0747. The van der Waals surface area contributed by atoms with Crippen LogP contribution in [0.25, 0.3) is 10.4 Å². The largest absolute Gasteiger partial charge is 0.334 e. The Morgan fingerprint density at radius 2 is 1.71 bits per heavy atom. The van der Waals surface area contributed by atoms with E-state index < -0.39 is 10.0 Å². The number of benzene rings is 2. The molecule has 3 rings (SSSR count). The number of carbonyl (C=O) groups is 1. The van der Waals surface area contributed by atoms with Crippen molar-refractivity contribution in [3.05, 3.63) is 76.9 Å². The molecule has 146 valence electrons.